The van der Waals surface area contributed by atoms with Crippen LogP contribution in [0, 0.1) is 0 Å². The van der Waals surface area contributed by atoms with Gasteiger partial charge < -0.3 is 10.8 Å². The van der Waals surface area contributed by atoms with E-state index in [1.807, 2.05) is 0 Å². The van der Waals surface area contributed by atoms with E-state index < -0.39 is 23.5 Å². The van der Waals surface area contributed by atoms with Crippen molar-refractivity contribution in [2.24, 2.45) is 5.73 Å². The van der Waals surface area contributed by atoms with Gasteiger partial charge in [-0.1, -0.05) is 22.0 Å². The minimum atomic E-state index is -4.63. The van der Waals surface area contributed by atoms with Crippen LogP contribution in [-0.4, -0.2) is 5.11 Å². The van der Waals surface area contributed by atoms with E-state index in [0.717, 1.165) is 6.07 Å². The maximum atomic E-state index is 12.8. The quantitative estimate of drug-likeness (QED) is 0.783. The summed E-state index contributed by atoms with van der Waals surface area (Å²) in [5.41, 5.74) is 4.86. The monoisotopic (exact) mass is 387 g/mol. The highest BCUT2D eigenvalue weighted by Crippen LogP contribution is 2.42. The fourth-order valence-corrected chi connectivity index (χ4v) is 2.92. The number of halogens is 5. The van der Waals surface area contributed by atoms with E-state index in [9.17, 15) is 18.3 Å². The summed E-state index contributed by atoms with van der Waals surface area (Å²) in [4.78, 5) is 0.682. The maximum Gasteiger partial charge on any atom is 0.420 e. The van der Waals surface area contributed by atoms with E-state index in [1.54, 1.807) is 17.5 Å². The van der Waals surface area contributed by atoms with Gasteiger partial charge in [0, 0.05) is 14.9 Å². The molecule has 1 atom stereocenters. The SMILES string of the molecule is Cl.N[C@H](c1cccs1)c1cc(Br)cc(C(F)(F)F)c1O. The molecule has 0 saturated heterocycles. The minimum absolute atomic E-state index is 0. The molecule has 2 aromatic rings. The number of thiophene rings is 1. The largest absolute Gasteiger partial charge is 0.507 e. The van der Waals surface area contributed by atoms with Crippen molar-refractivity contribution in [2.75, 3.05) is 0 Å². The highest BCUT2D eigenvalue weighted by molar-refractivity contribution is 9.10. The smallest absolute Gasteiger partial charge is 0.420 e. The average Bonchev–Trinajstić information content (AvgIpc) is 2.83. The molecule has 0 saturated carbocycles. The standard InChI is InChI=1S/C12H9BrF3NOS.ClH/c13-6-4-7(10(17)9-2-1-3-19-9)11(18)8(5-6)12(14,15)16;/h1-5,10,18H,17H2;1H/t10-;/m0./s1. The Morgan fingerprint density at radius 1 is 1.30 bits per heavy atom. The maximum absolute atomic E-state index is 12.8. The number of aromatic hydroxyl groups is 1. The summed E-state index contributed by atoms with van der Waals surface area (Å²) in [6.07, 6.45) is -4.63. The van der Waals surface area contributed by atoms with Crippen molar-refractivity contribution in [3.63, 3.8) is 0 Å². The molecule has 3 N–H and O–H groups in total. The number of benzene rings is 1. The molecule has 0 amide bonds. The van der Waals surface area contributed by atoms with Gasteiger partial charge in [-0.3, -0.25) is 0 Å². The number of phenolic OH excluding ortho intramolecular Hbond substituents is 1. The zero-order valence-electron chi connectivity index (χ0n) is 9.82. The lowest BCUT2D eigenvalue weighted by Gasteiger charge is -2.17. The van der Waals surface area contributed by atoms with Gasteiger partial charge in [-0.25, -0.2) is 0 Å². The van der Waals surface area contributed by atoms with Crippen LogP contribution in [0.4, 0.5) is 13.2 Å². The van der Waals surface area contributed by atoms with Crippen LogP contribution in [-0.2, 0) is 6.18 Å². The summed E-state index contributed by atoms with van der Waals surface area (Å²) < 4.78 is 38.6. The normalized spacial score (nSPS) is 12.8. The molecule has 0 radical (unpaired) electrons. The molecule has 20 heavy (non-hydrogen) atoms. The predicted molar refractivity (Wildman–Crippen MR) is 78.4 cm³/mol. The van der Waals surface area contributed by atoms with Gasteiger partial charge in [0.25, 0.3) is 0 Å². The van der Waals surface area contributed by atoms with Gasteiger partial charge in [-0.05, 0) is 23.6 Å². The van der Waals surface area contributed by atoms with Gasteiger partial charge in [0.2, 0.25) is 0 Å². The third-order valence-corrected chi connectivity index (χ3v) is 4.01. The topological polar surface area (TPSA) is 46.2 Å². The summed E-state index contributed by atoms with van der Waals surface area (Å²) >= 11 is 4.33. The molecule has 1 aromatic heterocycles. The molecule has 0 aliphatic carbocycles. The highest BCUT2D eigenvalue weighted by Gasteiger charge is 2.36. The van der Waals surface area contributed by atoms with Crippen LogP contribution >= 0.6 is 39.7 Å². The Bertz CT molecular complexity index is 589. The third kappa shape index (κ3) is 3.46. The Labute approximate surface area is 132 Å². The number of alkyl halides is 3. The van der Waals surface area contributed by atoms with Crippen molar-refractivity contribution in [3.8, 4) is 5.75 Å². The number of phenols is 1. The molecule has 2 rings (SSSR count). The van der Waals surface area contributed by atoms with Crippen LogP contribution in [0.15, 0.2) is 34.1 Å². The fourth-order valence-electron chi connectivity index (χ4n) is 1.69. The first-order valence-corrected chi connectivity index (χ1v) is 6.86. The van der Waals surface area contributed by atoms with E-state index in [1.165, 1.54) is 17.4 Å². The molecule has 0 aliphatic heterocycles. The van der Waals surface area contributed by atoms with Crippen molar-refractivity contribution >= 4 is 39.7 Å². The molecule has 1 aromatic carbocycles. The van der Waals surface area contributed by atoms with Crippen molar-refractivity contribution < 1.29 is 18.3 Å². The van der Waals surface area contributed by atoms with E-state index >= 15 is 0 Å². The summed E-state index contributed by atoms with van der Waals surface area (Å²) in [6, 6.07) is 4.90. The van der Waals surface area contributed by atoms with Crippen LogP contribution in [0.2, 0.25) is 0 Å². The van der Waals surface area contributed by atoms with Crippen LogP contribution in [0.1, 0.15) is 22.0 Å². The van der Waals surface area contributed by atoms with Gasteiger partial charge >= 0.3 is 6.18 Å². The van der Waals surface area contributed by atoms with E-state index in [-0.39, 0.29) is 22.4 Å². The van der Waals surface area contributed by atoms with Crippen LogP contribution in [0.5, 0.6) is 5.75 Å². The zero-order valence-corrected chi connectivity index (χ0v) is 13.0. The summed E-state index contributed by atoms with van der Waals surface area (Å²) in [5, 5.41) is 11.6. The molecule has 0 unspecified atom stereocenters. The van der Waals surface area contributed by atoms with E-state index in [0.29, 0.717) is 4.88 Å². The Kier molecular flexibility index (Phi) is 5.48. The van der Waals surface area contributed by atoms with Crippen LogP contribution < -0.4 is 5.73 Å². The van der Waals surface area contributed by atoms with Gasteiger partial charge in [0.15, 0.2) is 0 Å². The van der Waals surface area contributed by atoms with Crippen LogP contribution in [0.25, 0.3) is 0 Å². The second kappa shape index (κ2) is 6.34. The fraction of sp³-hybridized carbons (Fsp3) is 0.167. The van der Waals surface area contributed by atoms with Crippen molar-refractivity contribution in [1.82, 2.24) is 0 Å². The first-order valence-electron chi connectivity index (χ1n) is 5.19. The van der Waals surface area contributed by atoms with Gasteiger partial charge in [0.1, 0.15) is 5.75 Å². The summed E-state index contributed by atoms with van der Waals surface area (Å²) in [5.74, 6) is -0.823. The zero-order chi connectivity index (χ0) is 14.2. The lowest BCUT2D eigenvalue weighted by atomic mass is 10.0. The Hall–Kier alpha value is -0.760. The molecular formula is C12H10BrClF3NOS. The lowest BCUT2D eigenvalue weighted by molar-refractivity contribution is -0.138. The van der Waals surface area contributed by atoms with Crippen molar-refractivity contribution in [3.05, 3.63) is 50.1 Å². The highest BCUT2D eigenvalue weighted by atomic mass is 79.9. The molecule has 110 valence electrons. The molecule has 0 bridgehead atoms. The lowest BCUT2D eigenvalue weighted by Crippen LogP contribution is -2.13. The summed E-state index contributed by atoms with van der Waals surface area (Å²) in [7, 11) is 0. The number of hydrogen-bond acceptors (Lipinski definition) is 3. The second-order valence-corrected chi connectivity index (χ2v) is 5.78. The van der Waals surface area contributed by atoms with Gasteiger partial charge in [-0.2, -0.15) is 13.2 Å². The average molecular weight is 389 g/mol. The minimum Gasteiger partial charge on any atom is -0.507 e. The number of rotatable bonds is 2. The Morgan fingerprint density at radius 2 is 1.95 bits per heavy atom. The molecule has 0 aliphatic rings. The number of hydrogen-bond donors (Lipinski definition) is 2. The van der Waals surface area contributed by atoms with Crippen molar-refractivity contribution in [2.45, 2.75) is 12.2 Å². The van der Waals surface area contributed by atoms with E-state index in [2.05, 4.69) is 15.9 Å². The Morgan fingerprint density at radius 3 is 2.45 bits per heavy atom. The third-order valence-electron chi connectivity index (χ3n) is 2.59. The molecule has 8 heteroatoms. The van der Waals surface area contributed by atoms with Crippen molar-refractivity contribution in [1.29, 1.82) is 0 Å². The number of nitrogens with two attached hydrogens (primary N) is 1. The molecule has 0 fully saturated rings. The molecule has 0 spiro atoms. The van der Waals surface area contributed by atoms with E-state index in [4.69, 9.17) is 5.73 Å². The first kappa shape index (κ1) is 17.3. The first-order chi connectivity index (χ1) is 8.80. The molecule has 2 nitrogen and oxygen atoms in total. The molecule has 1 heterocycles. The summed E-state index contributed by atoms with van der Waals surface area (Å²) in [6.45, 7) is 0. The Balaban J connectivity index is 0.00000200. The van der Waals surface area contributed by atoms with Gasteiger partial charge in [0.05, 0.1) is 11.6 Å². The predicted octanol–water partition coefficient (Wildman–Crippen LogP) is 4.70. The van der Waals surface area contributed by atoms with Crippen LogP contribution in [0.3, 0.4) is 0 Å². The second-order valence-electron chi connectivity index (χ2n) is 3.88. The van der Waals surface area contributed by atoms with Gasteiger partial charge in [-0.15, -0.1) is 23.7 Å². The molecular weight excluding hydrogens is 379 g/mol.